The Morgan fingerprint density at radius 2 is 2.06 bits per heavy atom. The van der Waals surface area contributed by atoms with E-state index in [2.05, 4.69) is 4.98 Å². The van der Waals surface area contributed by atoms with E-state index in [-0.39, 0.29) is 12.4 Å². The molecule has 2 rings (SSSR count). The Morgan fingerprint density at radius 3 is 2.72 bits per heavy atom. The van der Waals surface area contributed by atoms with Crippen LogP contribution in [0.15, 0.2) is 39.9 Å². The second kappa shape index (κ2) is 4.59. The van der Waals surface area contributed by atoms with Crippen LogP contribution in [0.25, 0.3) is 0 Å². The first kappa shape index (κ1) is 11.7. The van der Waals surface area contributed by atoms with E-state index in [0.29, 0.717) is 11.1 Å². The molecule has 0 saturated heterocycles. The Bertz CT molecular complexity index is 705. The van der Waals surface area contributed by atoms with Gasteiger partial charge in [-0.3, -0.25) is 14.3 Å². The Labute approximate surface area is 102 Å². The summed E-state index contributed by atoms with van der Waals surface area (Å²) in [5.41, 5.74) is 5.31. The molecular formula is C12H10N4O2. The number of nitrogen functional groups attached to an aromatic ring is 1. The maximum Gasteiger partial charge on any atom is 0.330 e. The van der Waals surface area contributed by atoms with Gasteiger partial charge >= 0.3 is 5.69 Å². The number of hydrogen-bond acceptors (Lipinski definition) is 4. The van der Waals surface area contributed by atoms with Gasteiger partial charge in [0.2, 0.25) is 0 Å². The molecule has 2 aromatic rings. The van der Waals surface area contributed by atoms with Gasteiger partial charge in [0.25, 0.3) is 5.56 Å². The number of nitrogens with one attached hydrogen (secondary N) is 1. The van der Waals surface area contributed by atoms with Crippen molar-refractivity contribution in [1.29, 1.82) is 5.26 Å². The lowest BCUT2D eigenvalue weighted by atomic mass is 10.1. The molecule has 1 heterocycles. The fourth-order valence-electron chi connectivity index (χ4n) is 1.63. The normalized spacial score (nSPS) is 9.94. The van der Waals surface area contributed by atoms with Crippen LogP contribution in [0.4, 0.5) is 5.82 Å². The number of aromatic amines is 1. The number of nitriles is 1. The van der Waals surface area contributed by atoms with Gasteiger partial charge < -0.3 is 5.73 Å². The average molecular weight is 242 g/mol. The second-order valence-corrected chi connectivity index (χ2v) is 3.72. The maximum atomic E-state index is 11.6. The molecule has 18 heavy (non-hydrogen) atoms. The van der Waals surface area contributed by atoms with Crippen LogP contribution in [0.2, 0.25) is 0 Å². The molecule has 1 aromatic heterocycles. The highest BCUT2D eigenvalue weighted by atomic mass is 16.2. The first-order valence-corrected chi connectivity index (χ1v) is 5.19. The molecule has 1 aromatic carbocycles. The molecule has 0 atom stereocenters. The molecule has 3 N–H and O–H groups in total. The molecule has 0 fully saturated rings. The van der Waals surface area contributed by atoms with E-state index in [1.807, 2.05) is 6.07 Å². The zero-order valence-corrected chi connectivity index (χ0v) is 9.38. The molecule has 0 aliphatic rings. The van der Waals surface area contributed by atoms with Gasteiger partial charge in [0, 0.05) is 6.07 Å². The molecule has 6 nitrogen and oxygen atoms in total. The number of anilines is 1. The lowest BCUT2D eigenvalue weighted by Crippen LogP contribution is -2.35. The SMILES string of the molecule is N#Cc1ccccc1Cn1c(=O)cc(N)[nH]c1=O. The summed E-state index contributed by atoms with van der Waals surface area (Å²) in [5, 5.41) is 8.94. The van der Waals surface area contributed by atoms with Crippen LogP contribution >= 0.6 is 0 Å². The van der Waals surface area contributed by atoms with Gasteiger partial charge in [-0.05, 0) is 11.6 Å². The fourth-order valence-corrected chi connectivity index (χ4v) is 1.63. The van der Waals surface area contributed by atoms with Crippen LogP contribution in [0, 0.1) is 11.3 Å². The average Bonchev–Trinajstić information content (AvgIpc) is 2.34. The smallest absolute Gasteiger partial charge is 0.330 e. The lowest BCUT2D eigenvalue weighted by molar-refractivity contribution is 0.700. The van der Waals surface area contributed by atoms with E-state index in [9.17, 15) is 9.59 Å². The Morgan fingerprint density at radius 1 is 1.33 bits per heavy atom. The van der Waals surface area contributed by atoms with Gasteiger partial charge in [-0.15, -0.1) is 0 Å². The standard InChI is InChI=1S/C12H10N4O2/c13-6-8-3-1-2-4-9(8)7-16-11(17)5-10(14)15-12(16)18/h1-5H,7,14H2,(H,15,18). The molecule has 0 amide bonds. The molecule has 90 valence electrons. The summed E-state index contributed by atoms with van der Waals surface area (Å²) >= 11 is 0. The van der Waals surface area contributed by atoms with Crippen LogP contribution in [-0.2, 0) is 6.54 Å². The van der Waals surface area contributed by atoms with E-state index in [1.54, 1.807) is 24.3 Å². The summed E-state index contributed by atoms with van der Waals surface area (Å²) in [4.78, 5) is 25.6. The van der Waals surface area contributed by atoms with Gasteiger partial charge in [0.05, 0.1) is 18.2 Å². The van der Waals surface area contributed by atoms with E-state index in [0.717, 1.165) is 10.6 Å². The van der Waals surface area contributed by atoms with Crippen molar-refractivity contribution in [3.63, 3.8) is 0 Å². The number of H-pyrrole nitrogens is 1. The minimum atomic E-state index is -0.590. The minimum Gasteiger partial charge on any atom is -0.385 e. The molecule has 0 spiro atoms. The Balaban J connectivity index is 2.51. The highest BCUT2D eigenvalue weighted by molar-refractivity contribution is 5.37. The summed E-state index contributed by atoms with van der Waals surface area (Å²) < 4.78 is 0.993. The molecular weight excluding hydrogens is 232 g/mol. The van der Waals surface area contributed by atoms with E-state index in [4.69, 9.17) is 11.0 Å². The highest BCUT2D eigenvalue weighted by Crippen LogP contribution is 2.07. The van der Waals surface area contributed by atoms with Gasteiger partial charge in [-0.1, -0.05) is 18.2 Å². The van der Waals surface area contributed by atoms with Crippen molar-refractivity contribution in [3.8, 4) is 6.07 Å². The van der Waals surface area contributed by atoms with Crippen LogP contribution in [0.1, 0.15) is 11.1 Å². The third kappa shape index (κ3) is 2.15. The third-order valence-electron chi connectivity index (χ3n) is 2.51. The number of nitrogens with two attached hydrogens (primary N) is 1. The van der Waals surface area contributed by atoms with E-state index < -0.39 is 11.2 Å². The summed E-state index contributed by atoms with van der Waals surface area (Å²) in [6.07, 6.45) is 0. The van der Waals surface area contributed by atoms with Crippen molar-refractivity contribution >= 4 is 5.82 Å². The summed E-state index contributed by atoms with van der Waals surface area (Å²) in [6.45, 7) is 0.0399. The highest BCUT2D eigenvalue weighted by Gasteiger charge is 2.06. The van der Waals surface area contributed by atoms with Crippen molar-refractivity contribution in [3.05, 3.63) is 62.3 Å². The third-order valence-corrected chi connectivity index (χ3v) is 2.51. The summed E-state index contributed by atoms with van der Waals surface area (Å²) in [7, 11) is 0. The predicted octanol–water partition coefficient (Wildman–Crippen LogP) is 0.0388. The van der Waals surface area contributed by atoms with Crippen LogP contribution in [0.5, 0.6) is 0 Å². The molecule has 0 aliphatic carbocycles. The fraction of sp³-hybridized carbons (Fsp3) is 0.0833. The quantitative estimate of drug-likeness (QED) is 0.775. The van der Waals surface area contributed by atoms with Crippen molar-refractivity contribution in [2.24, 2.45) is 0 Å². The first-order chi connectivity index (χ1) is 8.61. The molecule has 0 saturated carbocycles. The molecule has 0 radical (unpaired) electrons. The lowest BCUT2D eigenvalue weighted by Gasteiger charge is -2.06. The second-order valence-electron chi connectivity index (χ2n) is 3.72. The summed E-state index contributed by atoms with van der Waals surface area (Å²) in [6, 6.07) is 9.94. The first-order valence-electron chi connectivity index (χ1n) is 5.19. The van der Waals surface area contributed by atoms with Crippen molar-refractivity contribution in [2.75, 3.05) is 5.73 Å². The van der Waals surface area contributed by atoms with Crippen molar-refractivity contribution in [2.45, 2.75) is 6.54 Å². The van der Waals surface area contributed by atoms with E-state index >= 15 is 0 Å². The summed E-state index contributed by atoms with van der Waals surface area (Å²) in [5.74, 6) is 0.0230. The Kier molecular flexibility index (Phi) is 2.98. The molecule has 0 unspecified atom stereocenters. The Hall–Kier alpha value is -2.81. The van der Waals surface area contributed by atoms with Gasteiger partial charge in [0.15, 0.2) is 0 Å². The number of hydrogen-bond donors (Lipinski definition) is 2. The topological polar surface area (TPSA) is 105 Å². The van der Waals surface area contributed by atoms with Gasteiger partial charge in [-0.2, -0.15) is 5.26 Å². The van der Waals surface area contributed by atoms with Crippen molar-refractivity contribution < 1.29 is 0 Å². The number of nitrogens with zero attached hydrogens (tertiary/aromatic N) is 2. The number of rotatable bonds is 2. The maximum absolute atomic E-state index is 11.6. The zero-order chi connectivity index (χ0) is 13.1. The van der Waals surface area contributed by atoms with E-state index in [1.165, 1.54) is 0 Å². The van der Waals surface area contributed by atoms with Crippen LogP contribution < -0.4 is 17.0 Å². The van der Waals surface area contributed by atoms with Crippen molar-refractivity contribution in [1.82, 2.24) is 9.55 Å². The zero-order valence-electron chi connectivity index (χ0n) is 9.38. The van der Waals surface area contributed by atoms with Gasteiger partial charge in [0.1, 0.15) is 5.82 Å². The van der Waals surface area contributed by atoms with Crippen LogP contribution in [-0.4, -0.2) is 9.55 Å². The predicted molar refractivity (Wildman–Crippen MR) is 66.0 cm³/mol. The molecule has 0 aliphatic heterocycles. The number of aromatic nitrogens is 2. The monoisotopic (exact) mass is 242 g/mol. The van der Waals surface area contributed by atoms with Crippen LogP contribution in [0.3, 0.4) is 0 Å². The van der Waals surface area contributed by atoms with Gasteiger partial charge in [-0.25, -0.2) is 4.79 Å². The molecule has 0 bridgehead atoms. The largest absolute Gasteiger partial charge is 0.385 e. The molecule has 6 heteroatoms. The minimum absolute atomic E-state index is 0.0230. The number of benzene rings is 1.